The highest BCUT2D eigenvalue weighted by Crippen LogP contribution is 2.28. The summed E-state index contributed by atoms with van der Waals surface area (Å²) >= 11 is 3.47. The van der Waals surface area contributed by atoms with Crippen LogP contribution in [0.3, 0.4) is 0 Å². The number of hydrogen-bond acceptors (Lipinski definition) is 3. The van der Waals surface area contributed by atoms with Gasteiger partial charge in [-0.05, 0) is 42.2 Å². The number of benzene rings is 2. The molecule has 0 heterocycles. The van der Waals surface area contributed by atoms with Gasteiger partial charge in [0, 0.05) is 10.2 Å². The summed E-state index contributed by atoms with van der Waals surface area (Å²) in [6.45, 7) is 6.17. The van der Waals surface area contributed by atoms with Crippen LogP contribution in [0.25, 0.3) is 0 Å². The average molecular weight is 433 g/mol. The third-order valence-electron chi connectivity index (χ3n) is 4.07. The minimum atomic E-state index is -0.536. The Morgan fingerprint density at radius 3 is 2.44 bits per heavy atom. The van der Waals surface area contributed by atoms with Crippen molar-refractivity contribution in [3.8, 4) is 0 Å². The fourth-order valence-corrected chi connectivity index (χ4v) is 3.14. The maximum Gasteiger partial charge on any atom is 0.407 e. The smallest absolute Gasteiger partial charge is 0.407 e. The maximum absolute atomic E-state index is 12.7. The molecule has 0 saturated heterocycles. The zero-order valence-electron chi connectivity index (χ0n) is 15.8. The minimum Gasteiger partial charge on any atom is -0.450 e. The van der Waals surface area contributed by atoms with Crippen LogP contribution in [0.15, 0.2) is 53.0 Å². The SMILES string of the molecule is CCOC(=O)N[C@@H](CC(=O)Nc1ccc(Br)cc1C(C)C)c1ccccc1. The molecule has 0 spiro atoms. The predicted molar refractivity (Wildman–Crippen MR) is 111 cm³/mol. The van der Waals surface area contributed by atoms with Gasteiger partial charge in [0.2, 0.25) is 5.91 Å². The lowest BCUT2D eigenvalue weighted by Crippen LogP contribution is -2.32. The van der Waals surface area contributed by atoms with E-state index in [0.717, 1.165) is 21.3 Å². The third-order valence-corrected chi connectivity index (χ3v) is 4.56. The van der Waals surface area contributed by atoms with Crippen LogP contribution < -0.4 is 10.6 Å². The molecule has 0 aliphatic carbocycles. The quantitative estimate of drug-likeness (QED) is 0.616. The van der Waals surface area contributed by atoms with Crippen LogP contribution in [-0.2, 0) is 9.53 Å². The van der Waals surface area contributed by atoms with Crippen molar-refractivity contribution in [2.45, 2.75) is 39.2 Å². The van der Waals surface area contributed by atoms with Crippen molar-refractivity contribution >= 4 is 33.6 Å². The fourth-order valence-electron chi connectivity index (χ4n) is 2.76. The van der Waals surface area contributed by atoms with E-state index in [-0.39, 0.29) is 24.9 Å². The molecule has 5 nitrogen and oxygen atoms in total. The first-order valence-electron chi connectivity index (χ1n) is 8.98. The van der Waals surface area contributed by atoms with E-state index < -0.39 is 12.1 Å². The number of amides is 2. The molecule has 2 N–H and O–H groups in total. The molecule has 0 fully saturated rings. The van der Waals surface area contributed by atoms with Crippen LogP contribution in [0.5, 0.6) is 0 Å². The van der Waals surface area contributed by atoms with Gasteiger partial charge in [0.1, 0.15) is 0 Å². The third kappa shape index (κ3) is 6.40. The van der Waals surface area contributed by atoms with Crippen LogP contribution in [0.1, 0.15) is 50.3 Å². The fraction of sp³-hybridized carbons (Fsp3) is 0.333. The van der Waals surface area contributed by atoms with Gasteiger partial charge in [0.05, 0.1) is 19.1 Å². The van der Waals surface area contributed by atoms with Crippen molar-refractivity contribution < 1.29 is 14.3 Å². The van der Waals surface area contributed by atoms with E-state index in [0.29, 0.717) is 0 Å². The minimum absolute atomic E-state index is 0.108. The normalized spacial score (nSPS) is 11.7. The van der Waals surface area contributed by atoms with Gasteiger partial charge in [-0.15, -0.1) is 0 Å². The Morgan fingerprint density at radius 1 is 1.11 bits per heavy atom. The van der Waals surface area contributed by atoms with Gasteiger partial charge in [-0.3, -0.25) is 4.79 Å². The van der Waals surface area contributed by atoms with Crippen molar-refractivity contribution in [3.05, 3.63) is 64.1 Å². The first kappa shape index (κ1) is 21.0. The second-order valence-electron chi connectivity index (χ2n) is 6.47. The summed E-state index contributed by atoms with van der Waals surface area (Å²) in [7, 11) is 0. The Kier molecular flexibility index (Phi) is 7.85. The van der Waals surface area contributed by atoms with Crippen molar-refractivity contribution in [1.29, 1.82) is 0 Å². The highest BCUT2D eigenvalue weighted by atomic mass is 79.9. The average Bonchev–Trinajstić information content (AvgIpc) is 2.63. The Morgan fingerprint density at radius 2 is 1.81 bits per heavy atom. The summed E-state index contributed by atoms with van der Waals surface area (Å²) in [6, 6.07) is 14.7. The van der Waals surface area contributed by atoms with E-state index >= 15 is 0 Å². The molecule has 2 rings (SSSR count). The van der Waals surface area contributed by atoms with Crippen molar-refractivity contribution in [2.24, 2.45) is 0 Å². The van der Waals surface area contributed by atoms with Gasteiger partial charge in [-0.25, -0.2) is 4.79 Å². The first-order chi connectivity index (χ1) is 12.9. The number of carbonyl (C=O) groups excluding carboxylic acids is 2. The largest absolute Gasteiger partial charge is 0.450 e. The van der Waals surface area contributed by atoms with Crippen LogP contribution in [-0.4, -0.2) is 18.6 Å². The predicted octanol–water partition coefficient (Wildman–Crippen LogP) is 5.39. The van der Waals surface area contributed by atoms with Crippen molar-refractivity contribution in [1.82, 2.24) is 5.32 Å². The Labute approximate surface area is 168 Å². The second kappa shape index (κ2) is 10.1. The summed E-state index contributed by atoms with van der Waals surface area (Å²) in [4.78, 5) is 24.6. The summed E-state index contributed by atoms with van der Waals surface area (Å²) in [5, 5.41) is 5.74. The van der Waals surface area contributed by atoms with Crippen LogP contribution in [0.2, 0.25) is 0 Å². The summed E-state index contributed by atoms with van der Waals surface area (Å²) in [5.41, 5.74) is 2.68. The summed E-state index contributed by atoms with van der Waals surface area (Å²) in [5.74, 6) is 0.0882. The number of anilines is 1. The topological polar surface area (TPSA) is 67.4 Å². The number of alkyl carbamates (subject to hydrolysis) is 1. The lowest BCUT2D eigenvalue weighted by atomic mass is 10.0. The Balaban J connectivity index is 2.15. The molecular formula is C21H25BrN2O3. The molecule has 0 aliphatic heterocycles. The van der Waals surface area contributed by atoms with Crippen LogP contribution in [0.4, 0.5) is 10.5 Å². The van der Waals surface area contributed by atoms with Gasteiger partial charge < -0.3 is 15.4 Å². The zero-order chi connectivity index (χ0) is 19.8. The molecule has 0 saturated carbocycles. The number of rotatable bonds is 7. The van der Waals surface area contributed by atoms with Gasteiger partial charge in [-0.1, -0.05) is 60.1 Å². The number of nitrogens with one attached hydrogen (secondary N) is 2. The summed E-state index contributed by atoms with van der Waals surface area (Å²) in [6.07, 6.45) is -0.429. The molecule has 1 atom stereocenters. The highest BCUT2D eigenvalue weighted by Gasteiger charge is 2.20. The van der Waals surface area contributed by atoms with E-state index in [1.165, 1.54) is 0 Å². The lowest BCUT2D eigenvalue weighted by Gasteiger charge is -2.20. The molecule has 0 bridgehead atoms. The van der Waals surface area contributed by atoms with E-state index in [2.05, 4.69) is 40.4 Å². The molecule has 2 aromatic rings. The molecule has 6 heteroatoms. The Hall–Kier alpha value is -2.34. The van der Waals surface area contributed by atoms with E-state index in [9.17, 15) is 9.59 Å². The summed E-state index contributed by atoms with van der Waals surface area (Å²) < 4.78 is 5.94. The van der Waals surface area contributed by atoms with Crippen molar-refractivity contribution in [3.63, 3.8) is 0 Å². The number of carbonyl (C=O) groups is 2. The van der Waals surface area contributed by atoms with Crippen LogP contribution >= 0.6 is 15.9 Å². The molecule has 27 heavy (non-hydrogen) atoms. The van der Waals surface area contributed by atoms with E-state index in [4.69, 9.17) is 4.74 Å². The number of hydrogen-bond donors (Lipinski definition) is 2. The molecule has 0 unspecified atom stereocenters. The van der Waals surface area contributed by atoms with E-state index in [1.807, 2.05) is 48.5 Å². The lowest BCUT2D eigenvalue weighted by molar-refractivity contribution is -0.116. The standard InChI is InChI=1S/C21H25BrN2O3/c1-4-27-21(26)24-19(15-8-6-5-7-9-15)13-20(25)23-18-11-10-16(22)12-17(18)14(2)3/h5-12,14,19H,4,13H2,1-3H3,(H,23,25)(H,24,26)/t19-/m0/s1. The van der Waals surface area contributed by atoms with Gasteiger partial charge >= 0.3 is 6.09 Å². The molecule has 144 valence electrons. The van der Waals surface area contributed by atoms with E-state index in [1.54, 1.807) is 6.92 Å². The van der Waals surface area contributed by atoms with Gasteiger partial charge in [-0.2, -0.15) is 0 Å². The monoisotopic (exact) mass is 432 g/mol. The molecule has 0 aliphatic rings. The maximum atomic E-state index is 12.7. The molecule has 2 amide bonds. The zero-order valence-corrected chi connectivity index (χ0v) is 17.4. The van der Waals surface area contributed by atoms with Crippen molar-refractivity contribution in [2.75, 3.05) is 11.9 Å². The van der Waals surface area contributed by atoms with Gasteiger partial charge in [0.15, 0.2) is 0 Å². The number of ether oxygens (including phenoxy) is 1. The first-order valence-corrected chi connectivity index (χ1v) is 9.77. The molecule has 0 aromatic heterocycles. The number of halogens is 1. The van der Waals surface area contributed by atoms with Gasteiger partial charge in [0.25, 0.3) is 0 Å². The molecular weight excluding hydrogens is 408 g/mol. The highest BCUT2D eigenvalue weighted by molar-refractivity contribution is 9.10. The molecule has 2 aromatic carbocycles. The molecule has 0 radical (unpaired) electrons. The Bertz CT molecular complexity index is 778. The second-order valence-corrected chi connectivity index (χ2v) is 7.38. The van der Waals surface area contributed by atoms with Crippen LogP contribution in [0, 0.1) is 0 Å².